The van der Waals surface area contributed by atoms with E-state index in [0.717, 1.165) is 47.3 Å². The molecule has 0 aliphatic carbocycles. The van der Waals surface area contributed by atoms with Crippen LogP contribution < -0.4 is 5.32 Å². The predicted octanol–water partition coefficient (Wildman–Crippen LogP) is 3.56. The number of fused-ring (bicyclic) bond motifs is 1. The topological polar surface area (TPSA) is 82.9 Å². The normalized spacial score (nSPS) is 15.8. The van der Waals surface area contributed by atoms with Crippen LogP contribution in [0.1, 0.15) is 23.6 Å². The highest BCUT2D eigenvalue weighted by molar-refractivity contribution is 7.89. The van der Waals surface area contributed by atoms with Gasteiger partial charge < -0.3 is 14.6 Å². The van der Waals surface area contributed by atoms with Crippen LogP contribution in [0.2, 0.25) is 0 Å². The van der Waals surface area contributed by atoms with Crippen molar-refractivity contribution in [3.05, 3.63) is 59.4 Å². The Bertz CT molecular complexity index is 1240. The van der Waals surface area contributed by atoms with Gasteiger partial charge in [-0.15, -0.1) is 0 Å². The van der Waals surface area contributed by atoms with Crippen molar-refractivity contribution in [2.24, 2.45) is 0 Å². The number of amides is 1. The Labute approximate surface area is 189 Å². The number of likely N-dealkylation sites (N-methyl/N-ethyl adjacent to an activating group) is 1. The summed E-state index contributed by atoms with van der Waals surface area (Å²) in [4.78, 5) is 15.1. The lowest BCUT2D eigenvalue weighted by Gasteiger charge is -2.33. The third-order valence-electron chi connectivity index (χ3n) is 6.16. The van der Waals surface area contributed by atoms with Crippen molar-refractivity contribution < 1.29 is 17.6 Å². The number of anilines is 1. The Morgan fingerprint density at radius 1 is 1.06 bits per heavy atom. The Morgan fingerprint density at radius 2 is 1.78 bits per heavy atom. The Kier molecular flexibility index (Phi) is 6.37. The van der Waals surface area contributed by atoms with Gasteiger partial charge >= 0.3 is 0 Å². The minimum absolute atomic E-state index is 0.144. The molecule has 2 aromatic carbocycles. The summed E-state index contributed by atoms with van der Waals surface area (Å²) in [5.74, 6) is -0.225. The van der Waals surface area contributed by atoms with Crippen molar-refractivity contribution in [2.75, 3.05) is 38.0 Å². The number of nitrogens with zero attached hydrogens (tertiary/aromatic N) is 2. The van der Waals surface area contributed by atoms with Crippen LogP contribution in [0.3, 0.4) is 0 Å². The van der Waals surface area contributed by atoms with E-state index in [0.29, 0.717) is 18.8 Å². The number of nitrogens with one attached hydrogen (secondary N) is 1. The minimum atomic E-state index is -3.60. The number of hydrogen-bond acceptors (Lipinski definition) is 5. The summed E-state index contributed by atoms with van der Waals surface area (Å²) in [6.07, 6.45) is 1.76. The molecule has 4 rings (SSSR count). The minimum Gasteiger partial charge on any atom is -0.464 e. The fraction of sp³-hybridized carbons (Fsp3) is 0.375. The second-order valence-corrected chi connectivity index (χ2v) is 10.2. The molecular formula is C24H29N3O4S. The van der Waals surface area contributed by atoms with Crippen LogP contribution in [0.25, 0.3) is 11.0 Å². The summed E-state index contributed by atoms with van der Waals surface area (Å²) < 4.78 is 33.3. The average Bonchev–Trinajstić information content (AvgIpc) is 3.15. The van der Waals surface area contributed by atoms with E-state index >= 15 is 0 Å². The molecule has 1 amide bonds. The molecule has 0 bridgehead atoms. The Hall–Kier alpha value is -2.68. The first-order chi connectivity index (χ1) is 15.3. The number of furan rings is 1. The zero-order valence-electron chi connectivity index (χ0n) is 18.7. The molecule has 8 heteroatoms. The maximum Gasteiger partial charge on any atom is 0.243 e. The first-order valence-corrected chi connectivity index (χ1v) is 12.3. The molecule has 1 saturated heterocycles. The van der Waals surface area contributed by atoms with Crippen LogP contribution in [-0.4, -0.2) is 56.3 Å². The van der Waals surface area contributed by atoms with Crippen molar-refractivity contribution in [2.45, 2.75) is 32.1 Å². The standard InChI is InChI=1S/C24H29N3O4S/c1-4-26-8-10-27(11-9-26)32(29,30)21-7-5-6-20(15-21)25-24(28)14-19-16-31-23-13-18(3)17(2)12-22(19)23/h5-7,12-13,15-16H,4,8-11,14H2,1-3H3,(H,25,28). The van der Waals surface area contributed by atoms with Crippen molar-refractivity contribution in [1.29, 1.82) is 0 Å². The molecule has 3 aromatic rings. The number of benzene rings is 2. The molecule has 0 radical (unpaired) electrons. The van der Waals surface area contributed by atoms with E-state index in [2.05, 4.69) is 17.1 Å². The molecule has 32 heavy (non-hydrogen) atoms. The molecule has 170 valence electrons. The molecule has 2 heterocycles. The van der Waals surface area contributed by atoms with Gasteiger partial charge in [0, 0.05) is 42.8 Å². The van der Waals surface area contributed by atoms with E-state index in [4.69, 9.17) is 4.42 Å². The van der Waals surface area contributed by atoms with E-state index in [-0.39, 0.29) is 17.2 Å². The highest BCUT2D eigenvalue weighted by atomic mass is 32.2. The summed E-state index contributed by atoms with van der Waals surface area (Å²) in [6, 6.07) is 10.5. The molecule has 0 atom stereocenters. The molecular weight excluding hydrogens is 426 g/mol. The van der Waals surface area contributed by atoms with E-state index < -0.39 is 10.0 Å². The number of carbonyl (C=O) groups is 1. The molecule has 1 fully saturated rings. The van der Waals surface area contributed by atoms with E-state index in [9.17, 15) is 13.2 Å². The molecule has 0 spiro atoms. The summed E-state index contributed by atoms with van der Waals surface area (Å²) in [5, 5.41) is 3.75. The van der Waals surface area contributed by atoms with Crippen LogP contribution >= 0.6 is 0 Å². The number of sulfonamides is 1. The summed E-state index contributed by atoms with van der Waals surface area (Å²) in [7, 11) is -3.60. The second kappa shape index (κ2) is 9.05. The van der Waals surface area contributed by atoms with Gasteiger partial charge in [0.2, 0.25) is 15.9 Å². The summed E-state index contributed by atoms with van der Waals surface area (Å²) in [5.41, 5.74) is 4.30. The monoisotopic (exact) mass is 455 g/mol. The number of aryl methyl sites for hydroxylation is 2. The fourth-order valence-electron chi connectivity index (χ4n) is 4.02. The van der Waals surface area contributed by atoms with Crippen molar-refractivity contribution >= 4 is 32.6 Å². The molecule has 1 aliphatic heterocycles. The lowest BCUT2D eigenvalue weighted by molar-refractivity contribution is -0.115. The third-order valence-corrected chi connectivity index (χ3v) is 8.05. The SMILES string of the molecule is CCN1CCN(S(=O)(=O)c2cccc(NC(=O)Cc3coc4cc(C)c(C)cc34)c2)CC1. The zero-order chi connectivity index (χ0) is 22.9. The average molecular weight is 456 g/mol. The fourth-order valence-corrected chi connectivity index (χ4v) is 5.49. The maximum atomic E-state index is 13.1. The van der Waals surface area contributed by atoms with Gasteiger partial charge in [0.15, 0.2) is 0 Å². The van der Waals surface area contributed by atoms with E-state index in [1.165, 1.54) is 10.4 Å². The Balaban J connectivity index is 1.47. The van der Waals surface area contributed by atoms with Gasteiger partial charge in [-0.3, -0.25) is 4.79 Å². The smallest absolute Gasteiger partial charge is 0.243 e. The summed E-state index contributed by atoms with van der Waals surface area (Å²) >= 11 is 0. The largest absolute Gasteiger partial charge is 0.464 e. The van der Waals surface area contributed by atoms with Gasteiger partial charge in [-0.1, -0.05) is 13.0 Å². The quantitative estimate of drug-likeness (QED) is 0.615. The number of carbonyl (C=O) groups excluding carboxylic acids is 1. The molecule has 0 unspecified atom stereocenters. The van der Waals surface area contributed by atoms with Gasteiger partial charge in [0.1, 0.15) is 5.58 Å². The molecule has 1 N–H and O–H groups in total. The molecule has 7 nitrogen and oxygen atoms in total. The number of rotatable bonds is 6. The van der Waals surface area contributed by atoms with Crippen LogP contribution in [0, 0.1) is 13.8 Å². The lowest BCUT2D eigenvalue weighted by Crippen LogP contribution is -2.48. The Morgan fingerprint density at radius 3 is 2.50 bits per heavy atom. The van der Waals surface area contributed by atoms with Crippen LogP contribution in [0.5, 0.6) is 0 Å². The molecule has 1 aromatic heterocycles. The number of piperazine rings is 1. The van der Waals surface area contributed by atoms with E-state index in [1.54, 1.807) is 24.5 Å². The maximum absolute atomic E-state index is 13.1. The predicted molar refractivity (Wildman–Crippen MR) is 125 cm³/mol. The van der Waals surface area contributed by atoms with Crippen LogP contribution in [0.15, 0.2) is 52.0 Å². The van der Waals surface area contributed by atoms with Crippen LogP contribution in [-0.2, 0) is 21.2 Å². The number of hydrogen-bond donors (Lipinski definition) is 1. The second-order valence-electron chi connectivity index (χ2n) is 8.28. The highest BCUT2D eigenvalue weighted by Crippen LogP contribution is 2.26. The highest BCUT2D eigenvalue weighted by Gasteiger charge is 2.28. The van der Waals surface area contributed by atoms with Crippen molar-refractivity contribution in [3.8, 4) is 0 Å². The molecule has 1 aliphatic rings. The first-order valence-electron chi connectivity index (χ1n) is 10.9. The van der Waals surface area contributed by atoms with Gasteiger partial charge in [-0.2, -0.15) is 4.31 Å². The molecule has 0 saturated carbocycles. The van der Waals surface area contributed by atoms with Crippen molar-refractivity contribution in [1.82, 2.24) is 9.21 Å². The summed E-state index contributed by atoms with van der Waals surface area (Å²) in [6.45, 7) is 9.44. The van der Waals surface area contributed by atoms with Crippen molar-refractivity contribution in [3.63, 3.8) is 0 Å². The van der Waals surface area contributed by atoms with Gasteiger partial charge in [-0.05, 0) is 61.9 Å². The van der Waals surface area contributed by atoms with Gasteiger partial charge in [0.25, 0.3) is 0 Å². The first kappa shape index (κ1) is 22.5. The van der Waals surface area contributed by atoms with Gasteiger partial charge in [0.05, 0.1) is 17.6 Å². The third kappa shape index (κ3) is 4.57. The lowest BCUT2D eigenvalue weighted by atomic mass is 10.0. The van der Waals surface area contributed by atoms with Crippen LogP contribution in [0.4, 0.5) is 5.69 Å². The van der Waals surface area contributed by atoms with Gasteiger partial charge in [-0.25, -0.2) is 8.42 Å². The zero-order valence-corrected chi connectivity index (χ0v) is 19.5. The van der Waals surface area contributed by atoms with E-state index in [1.807, 2.05) is 26.0 Å².